The van der Waals surface area contributed by atoms with E-state index in [2.05, 4.69) is 96.6 Å². The zero-order valence-corrected chi connectivity index (χ0v) is 16.8. The third kappa shape index (κ3) is 3.41. The number of aliphatic imine (C=N–C) groups is 1. The number of benzene rings is 2. The molecule has 0 N–H and O–H groups in total. The Kier molecular flexibility index (Phi) is 4.81. The summed E-state index contributed by atoms with van der Waals surface area (Å²) in [5.74, 6) is 0. The predicted molar refractivity (Wildman–Crippen MR) is 114 cm³/mol. The lowest BCUT2D eigenvalue weighted by Gasteiger charge is -2.42. The molecule has 3 rings (SSSR count). The monoisotopic (exact) mass is 430 g/mol. The minimum Gasteiger partial charge on any atom is -0.363 e. The van der Waals surface area contributed by atoms with Crippen molar-refractivity contribution in [2.24, 2.45) is 4.99 Å². The highest BCUT2D eigenvalue weighted by Gasteiger charge is 2.29. The van der Waals surface area contributed by atoms with Crippen molar-refractivity contribution < 1.29 is 0 Å². The lowest BCUT2D eigenvalue weighted by Crippen LogP contribution is -2.44. The first-order valence-electron chi connectivity index (χ1n) is 8.32. The molecule has 0 saturated heterocycles. The molecule has 2 aromatic rings. The molecule has 0 unspecified atom stereocenters. The molecule has 1 aliphatic heterocycles. The quantitative estimate of drug-likeness (QED) is 0.427. The van der Waals surface area contributed by atoms with Crippen LogP contribution >= 0.6 is 22.6 Å². The molecule has 0 atom stereocenters. The zero-order valence-electron chi connectivity index (χ0n) is 14.7. The van der Waals surface area contributed by atoms with Crippen LogP contribution in [0, 0.1) is 3.57 Å². The number of likely N-dealkylation sites (N-methyl/N-ethyl adjacent to an activating group) is 1. The average Bonchev–Trinajstić information content (AvgIpc) is 2.54. The molecular weight excluding hydrogens is 407 g/mol. The Bertz CT molecular complexity index is 801. The van der Waals surface area contributed by atoms with Crippen molar-refractivity contribution in [3.63, 3.8) is 0 Å². The lowest BCUT2D eigenvalue weighted by atomic mass is 9.88. The normalized spacial score (nSPS) is 16.2. The highest BCUT2D eigenvalue weighted by atomic mass is 127. The minimum absolute atomic E-state index is 0.0582. The van der Waals surface area contributed by atoms with Crippen molar-refractivity contribution in [2.75, 3.05) is 11.4 Å². The molecule has 3 heteroatoms. The predicted octanol–water partition coefficient (Wildman–Crippen LogP) is 6.06. The van der Waals surface area contributed by atoms with Gasteiger partial charge in [-0.25, -0.2) is 0 Å². The summed E-state index contributed by atoms with van der Waals surface area (Å²) in [6, 6.07) is 14.9. The van der Waals surface area contributed by atoms with Gasteiger partial charge < -0.3 is 4.90 Å². The Morgan fingerprint density at radius 2 is 1.83 bits per heavy atom. The van der Waals surface area contributed by atoms with E-state index in [0.29, 0.717) is 0 Å². The molecule has 0 radical (unpaired) electrons. The number of fused-ring (bicyclic) bond motifs is 1. The van der Waals surface area contributed by atoms with E-state index in [-0.39, 0.29) is 5.54 Å². The second kappa shape index (κ2) is 6.71. The summed E-state index contributed by atoms with van der Waals surface area (Å²) in [7, 11) is 0. The summed E-state index contributed by atoms with van der Waals surface area (Å²) in [6.07, 6.45) is 4.31. The Morgan fingerprint density at radius 1 is 1.12 bits per heavy atom. The highest BCUT2D eigenvalue weighted by Crippen LogP contribution is 2.38. The van der Waals surface area contributed by atoms with Crippen molar-refractivity contribution >= 4 is 45.8 Å². The van der Waals surface area contributed by atoms with Crippen molar-refractivity contribution in [1.29, 1.82) is 0 Å². The third-order valence-electron chi connectivity index (χ3n) is 4.51. The van der Waals surface area contributed by atoms with Gasteiger partial charge in [0.05, 0.1) is 11.2 Å². The number of halogens is 1. The van der Waals surface area contributed by atoms with Gasteiger partial charge in [0.25, 0.3) is 0 Å². The molecule has 0 amide bonds. The van der Waals surface area contributed by atoms with E-state index in [1.807, 2.05) is 18.3 Å². The molecule has 2 aromatic carbocycles. The summed E-state index contributed by atoms with van der Waals surface area (Å²) < 4.78 is 1.23. The fraction of sp³-hybridized carbons (Fsp3) is 0.286. The molecule has 0 saturated carbocycles. The maximum atomic E-state index is 4.60. The first-order chi connectivity index (χ1) is 11.4. The molecule has 2 nitrogen and oxygen atoms in total. The van der Waals surface area contributed by atoms with Crippen LogP contribution in [0.25, 0.3) is 5.57 Å². The molecule has 0 fully saturated rings. The van der Waals surface area contributed by atoms with E-state index in [1.54, 1.807) is 0 Å². The smallest absolute Gasteiger partial charge is 0.0630 e. The topological polar surface area (TPSA) is 15.6 Å². The fourth-order valence-corrected chi connectivity index (χ4v) is 3.79. The van der Waals surface area contributed by atoms with Crippen molar-refractivity contribution in [1.82, 2.24) is 0 Å². The SMILES string of the molecule is CCN1c2ccc(C=Nc3ccc(I)cc3)cc2C(C)=CC1(C)C. The van der Waals surface area contributed by atoms with Crippen LogP contribution < -0.4 is 4.90 Å². The second-order valence-corrected chi connectivity index (χ2v) is 7.98. The minimum atomic E-state index is 0.0582. The maximum absolute atomic E-state index is 4.60. The van der Waals surface area contributed by atoms with Crippen molar-refractivity contribution in [3.8, 4) is 0 Å². The molecule has 0 spiro atoms. The van der Waals surface area contributed by atoms with Crippen LogP contribution in [0.5, 0.6) is 0 Å². The Balaban J connectivity index is 1.94. The van der Waals surface area contributed by atoms with Crippen LogP contribution in [0.3, 0.4) is 0 Å². The Labute approximate surface area is 158 Å². The number of allylic oxidation sites excluding steroid dienone is 1. The summed E-state index contributed by atoms with van der Waals surface area (Å²) >= 11 is 2.31. The molecule has 1 heterocycles. The van der Waals surface area contributed by atoms with E-state index in [0.717, 1.165) is 17.8 Å². The first-order valence-corrected chi connectivity index (χ1v) is 9.40. The first kappa shape index (κ1) is 17.2. The van der Waals surface area contributed by atoms with Crippen LogP contribution in [-0.2, 0) is 0 Å². The number of hydrogen-bond acceptors (Lipinski definition) is 2. The molecule has 0 aliphatic carbocycles. The van der Waals surface area contributed by atoms with E-state index in [9.17, 15) is 0 Å². The number of hydrogen-bond donors (Lipinski definition) is 0. The molecule has 124 valence electrons. The summed E-state index contributed by atoms with van der Waals surface area (Å²) in [5.41, 5.74) is 6.14. The van der Waals surface area contributed by atoms with Gasteiger partial charge in [-0.15, -0.1) is 0 Å². The summed E-state index contributed by atoms with van der Waals surface area (Å²) in [5, 5.41) is 0. The van der Waals surface area contributed by atoms with Gasteiger partial charge in [-0.05, 0) is 97.8 Å². The van der Waals surface area contributed by atoms with Gasteiger partial charge in [-0.1, -0.05) is 12.1 Å². The van der Waals surface area contributed by atoms with E-state index in [1.165, 1.54) is 20.4 Å². The third-order valence-corrected chi connectivity index (χ3v) is 5.23. The molecule has 24 heavy (non-hydrogen) atoms. The van der Waals surface area contributed by atoms with E-state index < -0.39 is 0 Å². The fourth-order valence-electron chi connectivity index (χ4n) is 3.44. The van der Waals surface area contributed by atoms with E-state index >= 15 is 0 Å². The molecule has 1 aliphatic rings. The number of rotatable bonds is 3. The standard InChI is InChI=1S/C21H23IN2/c1-5-24-20-11-6-16(12-19(20)15(2)13-21(24,3)4)14-23-18-9-7-17(22)8-10-18/h6-14H,5H2,1-4H3. The van der Waals surface area contributed by atoms with Gasteiger partial charge in [0.1, 0.15) is 0 Å². The summed E-state index contributed by atoms with van der Waals surface area (Å²) in [6.45, 7) is 9.96. The van der Waals surface area contributed by atoms with Gasteiger partial charge in [-0.2, -0.15) is 0 Å². The van der Waals surface area contributed by atoms with Gasteiger partial charge in [0.15, 0.2) is 0 Å². The van der Waals surface area contributed by atoms with Crippen LogP contribution in [0.4, 0.5) is 11.4 Å². The average molecular weight is 430 g/mol. The maximum Gasteiger partial charge on any atom is 0.0630 e. The van der Waals surface area contributed by atoms with Crippen LogP contribution in [0.1, 0.15) is 38.8 Å². The van der Waals surface area contributed by atoms with Gasteiger partial charge in [0, 0.05) is 27.6 Å². The molecular formula is C21H23IN2. The van der Waals surface area contributed by atoms with Crippen molar-refractivity contribution in [2.45, 2.75) is 33.2 Å². The number of nitrogens with zero attached hydrogens (tertiary/aromatic N) is 2. The Hall–Kier alpha value is -1.62. The molecule has 0 bridgehead atoms. The zero-order chi connectivity index (χ0) is 17.3. The Morgan fingerprint density at radius 3 is 2.50 bits per heavy atom. The van der Waals surface area contributed by atoms with Crippen LogP contribution in [0.15, 0.2) is 53.5 Å². The summed E-state index contributed by atoms with van der Waals surface area (Å²) in [4.78, 5) is 7.05. The van der Waals surface area contributed by atoms with Gasteiger partial charge in [0.2, 0.25) is 0 Å². The molecule has 0 aromatic heterocycles. The largest absolute Gasteiger partial charge is 0.363 e. The van der Waals surface area contributed by atoms with Gasteiger partial charge in [-0.3, -0.25) is 4.99 Å². The van der Waals surface area contributed by atoms with Gasteiger partial charge >= 0.3 is 0 Å². The van der Waals surface area contributed by atoms with Crippen LogP contribution in [0.2, 0.25) is 0 Å². The number of anilines is 1. The van der Waals surface area contributed by atoms with Crippen LogP contribution in [-0.4, -0.2) is 18.3 Å². The highest BCUT2D eigenvalue weighted by molar-refractivity contribution is 14.1. The van der Waals surface area contributed by atoms with E-state index in [4.69, 9.17) is 0 Å². The van der Waals surface area contributed by atoms with Crippen molar-refractivity contribution in [3.05, 3.63) is 63.2 Å². The second-order valence-electron chi connectivity index (χ2n) is 6.74. The lowest BCUT2D eigenvalue weighted by molar-refractivity contribution is 0.566.